The molecule has 1 atom stereocenters. The Balaban J connectivity index is 2.77. The molecule has 0 bridgehead atoms. The zero-order valence-corrected chi connectivity index (χ0v) is 14.9. The van der Waals surface area contributed by atoms with Crippen LogP contribution >= 0.6 is 15.9 Å². The number of amides is 1. The molecular formula is C16H22BrNO4. The lowest BCUT2D eigenvalue weighted by molar-refractivity contribution is -0.145. The van der Waals surface area contributed by atoms with Gasteiger partial charge in [0.25, 0.3) is 0 Å². The molecule has 0 saturated heterocycles. The lowest BCUT2D eigenvalue weighted by Gasteiger charge is -2.23. The Morgan fingerprint density at radius 1 is 1.23 bits per heavy atom. The second-order valence-corrected chi connectivity index (χ2v) is 6.70. The summed E-state index contributed by atoms with van der Waals surface area (Å²) in [5.74, 6) is -0.476. The van der Waals surface area contributed by atoms with Gasteiger partial charge in [0.1, 0.15) is 11.6 Å². The van der Waals surface area contributed by atoms with E-state index in [0.29, 0.717) is 6.42 Å². The van der Waals surface area contributed by atoms with Crippen LogP contribution in [-0.4, -0.2) is 30.3 Å². The number of carbonyl (C=O) groups excluding carboxylic acids is 2. The molecule has 122 valence electrons. The second-order valence-electron chi connectivity index (χ2n) is 5.78. The lowest BCUT2D eigenvalue weighted by atomic mass is 10.1. The molecule has 0 saturated carbocycles. The monoisotopic (exact) mass is 371 g/mol. The van der Waals surface area contributed by atoms with Crippen LogP contribution in [-0.2, 0) is 20.7 Å². The minimum Gasteiger partial charge on any atom is -0.464 e. The van der Waals surface area contributed by atoms with Gasteiger partial charge in [-0.15, -0.1) is 0 Å². The summed E-state index contributed by atoms with van der Waals surface area (Å²) in [6.07, 6.45) is -0.298. The van der Waals surface area contributed by atoms with E-state index < -0.39 is 23.7 Å². The quantitative estimate of drug-likeness (QED) is 0.805. The van der Waals surface area contributed by atoms with E-state index in [9.17, 15) is 9.59 Å². The molecule has 0 aliphatic heterocycles. The van der Waals surface area contributed by atoms with Crippen LogP contribution in [0.5, 0.6) is 0 Å². The molecule has 1 aromatic rings. The van der Waals surface area contributed by atoms with Crippen molar-refractivity contribution in [3.63, 3.8) is 0 Å². The smallest absolute Gasteiger partial charge is 0.408 e. The van der Waals surface area contributed by atoms with Gasteiger partial charge in [0.2, 0.25) is 0 Å². The van der Waals surface area contributed by atoms with Gasteiger partial charge in [0, 0.05) is 10.9 Å². The van der Waals surface area contributed by atoms with Gasteiger partial charge < -0.3 is 14.8 Å². The summed E-state index contributed by atoms with van der Waals surface area (Å²) in [7, 11) is 0. The first-order valence-electron chi connectivity index (χ1n) is 7.12. The maximum Gasteiger partial charge on any atom is 0.408 e. The number of rotatable bonds is 5. The topological polar surface area (TPSA) is 64.6 Å². The fraction of sp³-hybridized carbons (Fsp3) is 0.500. The average molecular weight is 372 g/mol. The molecule has 6 heteroatoms. The number of ether oxygens (including phenoxy) is 2. The first kappa shape index (κ1) is 18.5. The van der Waals surface area contributed by atoms with Crippen molar-refractivity contribution < 1.29 is 19.1 Å². The second kappa shape index (κ2) is 8.17. The SMILES string of the molecule is CCOC(=O)[C@H](Cc1ccc(Br)cc1)NC(=O)OC(C)(C)C. The van der Waals surface area contributed by atoms with Crippen LogP contribution in [0, 0.1) is 0 Å². The van der Waals surface area contributed by atoms with Crippen LogP contribution < -0.4 is 5.32 Å². The number of hydrogen-bond donors (Lipinski definition) is 1. The largest absolute Gasteiger partial charge is 0.464 e. The van der Waals surface area contributed by atoms with Crippen molar-refractivity contribution in [2.75, 3.05) is 6.61 Å². The molecule has 0 aromatic heterocycles. The highest BCUT2D eigenvalue weighted by Gasteiger charge is 2.25. The van der Waals surface area contributed by atoms with E-state index in [0.717, 1.165) is 10.0 Å². The number of esters is 1. The fourth-order valence-corrected chi connectivity index (χ4v) is 2.01. The van der Waals surface area contributed by atoms with Gasteiger partial charge in [-0.25, -0.2) is 9.59 Å². The van der Waals surface area contributed by atoms with E-state index in [1.807, 2.05) is 24.3 Å². The Labute approximate surface area is 139 Å². The lowest BCUT2D eigenvalue weighted by Crippen LogP contribution is -2.45. The summed E-state index contributed by atoms with van der Waals surface area (Å²) in [4.78, 5) is 23.9. The maximum absolute atomic E-state index is 12.0. The standard InChI is InChI=1S/C16H22BrNO4/c1-5-21-14(19)13(18-15(20)22-16(2,3)4)10-11-6-8-12(17)9-7-11/h6-9,13H,5,10H2,1-4H3,(H,18,20)/t13-/m0/s1. The molecule has 0 unspecified atom stereocenters. The summed E-state index contributed by atoms with van der Waals surface area (Å²) in [5.41, 5.74) is 0.290. The Morgan fingerprint density at radius 3 is 2.32 bits per heavy atom. The van der Waals surface area contributed by atoms with Gasteiger partial charge >= 0.3 is 12.1 Å². The molecule has 1 amide bonds. The predicted molar refractivity (Wildman–Crippen MR) is 87.6 cm³/mol. The number of alkyl carbamates (subject to hydrolysis) is 1. The molecule has 1 rings (SSSR count). The first-order valence-corrected chi connectivity index (χ1v) is 7.91. The summed E-state index contributed by atoms with van der Waals surface area (Å²) in [5, 5.41) is 2.57. The van der Waals surface area contributed by atoms with Crippen LogP contribution in [0.4, 0.5) is 4.79 Å². The molecule has 0 spiro atoms. The molecule has 1 N–H and O–H groups in total. The Bertz CT molecular complexity index is 508. The van der Waals surface area contributed by atoms with Gasteiger partial charge in [-0.2, -0.15) is 0 Å². The summed E-state index contributed by atoms with van der Waals surface area (Å²) in [6.45, 7) is 7.27. The van der Waals surface area contributed by atoms with Crippen LogP contribution in [0.25, 0.3) is 0 Å². The molecule has 22 heavy (non-hydrogen) atoms. The minimum absolute atomic E-state index is 0.256. The highest BCUT2D eigenvalue weighted by molar-refractivity contribution is 9.10. The zero-order chi connectivity index (χ0) is 16.8. The molecule has 0 heterocycles. The van der Waals surface area contributed by atoms with Crippen LogP contribution in [0.1, 0.15) is 33.3 Å². The van der Waals surface area contributed by atoms with Gasteiger partial charge in [-0.3, -0.25) is 0 Å². The molecule has 0 fully saturated rings. The molecule has 1 aromatic carbocycles. The van der Waals surface area contributed by atoms with Crippen molar-refractivity contribution in [3.05, 3.63) is 34.3 Å². The zero-order valence-electron chi connectivity index (χ0n) is 13.3. The van der Waals surface area contributed by atoms with E-state index in [1.54, 1.807) is 27.7 Å². The van der Waals surface area contributed by atoms with Gasteiger partial charge in [-0.1, -0.05) is 28.1 Å². The summed E-state index contributed by atoms with van der Waals surface area (Å²) in [6, 6.07) is 6.74. The Hall–Kier alpha value is -1.56. The Morgan fingerprint density at radius 2 is 1.82 bits per heavy atom. The average Bonchev–Trinajstić information content (AvgIpc) is 2.38. The number of hydrogen-bond acceptors (Lipinski definition) is 4. The van der Waals surface area contributed by atoms with Crippen LogP contribution in [0.15, 0.2) is 28.7 Å². The molecule has 0 aliphatic rings. The van der Waals surface area contributed by atoms with Crippen molar-refractivity contribution in [1.82, 2.24) is 5.32 Å². The number of benzene rings is 1. The molecule has 5 nitrogen and oxygen atoms in total. The summed E-state index contributed by atoms with van der Waals surface area (Å²) < 4.78 is 11.1. The number of carbonyl (C=O) groups is 2. The third kappa shape index (κ3) is 6.93. The molecule has 0 radical (unpaired) electrons. The highest BCUT2D eigenvalue weighted by atomic mass is 79.9. The normalized spacial score (nSPS) is 12.4. The molecular weight excluding hydrogens is 350 g/mol. The number of nitrogens with one attached hydrogen (secondary N) is 1. The van der Waals surface area contributed by atoms with Crippen molar-refractivity contribution in [1.29, 1.82) is 0 Å². The van der Waals surface area contributed by atoms with E-state index in [-0.39, 0.29) is 6.61 Å². The summed E-state index contributed by atoms with van der Waals surface area (Å²) >= 11 is 3.36. The van der Waals surface area contributed by atoms with Crippen LogP contribution in [0.2, 0.25) is 0 Å². The van der Waals surface area contributed by atoms with Crippen molar-refractivity contribution in [2.45, 2.75) is 45.8 Å². The Kier molecular flexibility index (Phi) is 6.87. The highest BCUT2D eigenvalue weighted by Crippen LogP contribution is 2.13. The van der Waals surface area contributed by atoms with Crippen molar-refractivity contribution in [2.24, 2.45) is 0 Å². The van der Waals surface area contributed by atoms with Gasteiger partial charge in [-0.05, 0) is 45.4 Å². The fourth-order valence-electron chi connectivity index (χ4n) is 1.74. The van der Waals surface area contributed by atoms with Gasteiger partial charge in [0.15, 0.2) is 0 Å². The number of halogens is 1. The van der Waals surface area contributed by atoms with Crippen LogP contribution in [0.3, 0.4) is 0 Å². The van der Waals surface area contributed by atoms with Gasteiger partial charge in [0.05, 0.1) is 6.61 Å². The minimum atomic E-state index is -0.782. The van der Waals surface area contributed by atoms with Crippen molar-refractivity contribution in [3.8, 4) is 0 Å². The predicted octanol–water partition coefficient (Wildman–Crippen LogP) is 3.45. The maximum atomic E-state index is 12.0. The molecule has 0 aliphatic carbocycles. The van der Waals surface area contributed by atoms with E-state index in [2.05, 4.69) is 21.2 Å². The third-order valence-corrected chi connectivity index (χ3v) is 3.14. The van der Waals surface area contributed by atoms with E-state index >= 15 is 0 Å². The third-order valence-electron chi connectivity index (χ3n) is 2.62. The van der Waals surface area contributed by atoms with Crippen molar-refractivity contribution >= 4 is 28.0 Å². The van der Waals surface area contributed by atoms with E-state index in [1.165, 1.54) is 0 Å². The van der Waals surface area contributed by atoms with E-state index in [4.69, 9.17) is 9.47 Å². The first-order chi connectivity index (χ1) is 10.2.